The van der Waals surface area contributed by atoms with Crippen LogP contribution in [0.25, 0.3) is 0 Å². The molecule has 0 aliphatic heterocycles. The summed E-state index contributed by atoms with van der Waals surface area (Å²) in [6.45, 7) is -0.570. The van der Waals surface area contributed by atoms with E-state index in [-0.39, 0.29) is 0 Å². The van der Waals surface area contributed by atoms with Crippen LogP contribution in [-0.2, 0) is 19.1 Å². The predicted octanol–water partition coefficient (Wildman–Crippen LogP) is -0.382. The fraction of sp³-hybridized carbons (Fsp3) is 0.800. The van der Waals surface area contributed by atoms with E-state index in [1.165, 1.54) is 0 Å². The molecule has 0 aromatic carbocycles. The van der Waals surface area contributed by atoms with Crippen LogP contribution in [0.4, 0.5) is 0 Å². The van der Waals surface area contributed by atoms with E-state index < -0.39 is 25.2 Å². The predicted molar refractivity (Wildman–Crippen MR) is 54.6 cm³/mol. The lowest BCUT2D eigenvalue weighted by Crippen LogP contribution is -2.10. The van der Waals surface area contributed by atoms with Crippen molar-refractivity contribution in [3.8, 4) is 0 Å². The molecule has 0 saturated heterocycles. The van der Waals surface area contributed by atoms with Crippen LogP contribution in [0.1, 0.15) is 25.7 Å². The van der Waals surface area contributed by atoms with Crippen LogP contribution in [0.15, 0.2) is 0 Å². The first-order chi connectivity index (χ1) is 7.70. The van der Waals surface area contributed by atoms with Crippen molar-refractivity contribution < 1.29 is 29.3 Å². The molecule has 6 nitrogen and oxygen atoms in total. The van der Waals surface area contributed by atoms with Gasteiger partial charge in [0.1, 0.15) is 13.2 Å². The van der Waals surface area contributed by atoms with Crippen LogP contribution in [0.5, 0.6) is 0 Å². The average molecular weight is 234 g/mol. The van der Waals surface area contributed by atoms with Gasteiger partial charge in [-0.25, -0.2) is 9.59 Å². The molecule has 0 atom stereocenters. The standard InChI is InChI=1S/C10H18O6/c11-7-9(13)15-5-3-1-2-4-6-16-10(14)8-12/h11-12H,1-8H2. The lowest BCUT2D eigenvalue weighted by atomic mass is 10.2. The number of aliphatic hydroxyl groups is 2. The van der Waals surface area contributed by atoms with E-state index in [2.05, 4.69) is 9.47 Å². The molecule has 0 aliphatic carbocycles. The highest BCUT2D eigenvalue weighted by atomic mass is 16.5. The minimum Gasteiger partial charge on any atom is -0.464 e. The second-order valence-electron chi connectivity index (χ2n) is 3.17. The summed E-state index contributed by atoms with van der Waals surface area (Å²) in [6, 6.07) is 0. The SMILES string of the molecule is O=C(CO)OCCCCCCOC(=O)CO. The van der Waals surface area contributed by atoms with E-state index >= 15 is 0 Å². The molecule has 0 aromatic rings. The molecule has 0 aromatic heterocycles. The summed E-state index contributed by atoms with van der Waals surface area (Å²) in [5.74, 6) is -1.23. The highest BCUT2D eigenvalue weighted by Gasteiger charge is 2.00. The Morgan fingerprint density at radius 2 is 1.12 bits per heavy atom. The number of hydrogen-bond acceptors (Lipinski definition) is 6. The molecule has 16 heavy (non-hydrogen) atoms. The third-order valence-corrected chi connectivity index (χ3v) is 1.82. The molecule has 0 unspecified atom stereocenters. The van der Waals surface area contributed by atoms with Gasteiger partial charge in [-0.15, -0.1) is 0 Å². The van der Waals surface area contributed by atoms with Gasteiger partial charge in [0.25, 0.3) is 0 Å². The van der Waals surface area contributed by atoms with Crippen molar-refractivity contribution in [2.24, 2.45) is 0 Å². The Balaban J connectivity index is 3.10. The minimum absolute atomic E-state index is 0.301. The van der Waals surface area contributed by atoms with E-state index in [0.717, 1.165) is 25.7 Å². The summed E-state index contributed by atoms with van der Waals surface area (Å²) in [4.78, 5) is 21.0. The second-order valence-corrected chi connectivity index (χ2v) is 3.17. The number of unbranched alkanes of at least 4 members (excludes halogenated alkanes) is 3. The highest BCUT2D eigenvalue weighted by molar-refractivity contribution is 5.70. The molecule has 0 aliphatic rings. The topological polar surface area (TPSA) is 93.1 Å². The molecule has 94 valence electrons. The van der Waals surface area contributed by atoms with Crippen molar-refractivity contribution in [1.82, 2.24) is 0 Å². The smallest absolute Gasteiger partial charge is 0.331 e. The van der Waals surface area contributed by atoms with Gasteiger partial charge in [0.05, 0.1) is 13.2 Å². The summed E-state index contributed by atoms with van der Waals surface area (Å²) < 4.78 is 9.29. The quantitative estimate of drug-likeness (QED) is 0.417. The number of esters is 2. The van der Waals surface area contributed by atoms with Crippen molar-refractivity contribution in [3.05, 3.63) is 0 Å². The number of ether oxygens (including phenoxy) is 2. The van der Waals surface area contributed by atoms with Gasteiger partial charge < -0.3 is 19.7 Å². The van der Waals surface area contributed by atoms with Crippen LogP contribution in [-0.4, -0.2) is 48.6 Å². The molecule has 0 radical (unpaired) electrons. The highest BCUT2D eigenvalue weighted by Crippen LogP contribution is 2.00. The third kappa shape index (κ3) is 9.42. The van der Waals surface area contributed by atoms with E-state index in [0.29, 0.717) is 13.2 Å². The largest absolute Gasteiger partial charge is 0.464 e. The lowest BCUT2D eigenvalue weighted by molar-refractivity contribution is -0.148. The van der Waals surface area contributed by atoms with Crippen LogP contribution in [0.2, 0.25) is 0 Å². The normalized spacial score (nSPS) is 9.88. The Morgan fingerprint density at radius 3 is 1.44 bits per heavy atom. The number of rotatable bonds is 9. The first-order valence-electron chi connectivity index (χ1n) is 5.23. The van der Waals surface area contributed by atoms with Crippen LogP contribution in [0, 0.1) is 0 Å². The average Bonchev–Trinajstić information content (AvgIpc) is 2.31. The molecule has 6 heteroatoms. The van der Waals surface area contributed by atoms with E-state index in [1.54, 1.807) is 0 Å². The van der Waals surface area contributed by atoms with E-state index in [9.17, 15) is 9.59 Å². The maximum atomic E-state index is 10.5. The molecule has 0 fully saturated rings. The number of carbonyl (C=O) groups is 2. The molecular formula is C10H18O6. The van der Waals surface area contributed by atoms with Gasteiger partial charge in [-0.2, -0.15) is 0 Å². The molecule has 2 N–H and O–H groups in total. The molecule has 0 amide bonds. The number of carbonyl (C=O) groups excluding carboxylic acids is 2. The molecular weight excluding hydrogens is 216 g/mol. The Hall–Kier alpha value is -1.14. The summed E-state index contributed by atoms with van der Waals surface area (Å²) in [6.07, 6.45) is 3.16. The fourth-order valence-electron chi connectivity index (χ4n) is 1.02. The van der Waals surface area contributed by atoms with Crippen molar-refractivity contribution in [2.75, 3.05) is 26.4 Å². The summed E-state index contributed by atoms with van der Waals surface area (Å²) in [7, 11) is 0. The third-order valence-electron chi connectivity index (χ3n) is 1.82. The zero-order valence-electron chi connectivity index (χ0n) is 9.18. The molecule has 0 bridgehead atoms. The van der Waals surface area contributed by atoms with Crippen LogP contribution >= 0.6 is 0 Å². The lowest BCUT2D eigenvalue weighted by Gasteiger charge is -2.04. The van der Waals surface area contributed by atoms with Gasteiger partial charge in [0.2, 0.25) is 0 Å². The maximum absolute atomic E-state index is 10.5. The van der Waals surface area contributed by atoms with Crippen molar-refractivity contribution in [3.63, 3.8) is 0 Å². The molecule has 0 rings (SSSR count). The van der Waals surface area contributed by atoms with Gasteiger partial charge in [-0.05, 0) is 25.7 Å². The fourth-order valence-corrected chi connectivity index (χ4v) is 1.02. The Kier molecular flexibility index (Phi) is 9.64. The van der Waals surface area contributed by atoms with Crippen LogP contribution < -0.4 is 0 Å². The molecule has 0 spiro atoms. The van der Waals surface area contributed by atoms with Gasteiger partial charge in [0.15, 0.2) is 0 Å². The molecule has 0 heterocycles. The summed E-state index contributed by atoms with van der Waals surface area (Å²) in [5, 5.41) is 16.7. The van der Waals surface area contributed by atoms with Gasteiger partial charge >= 0.3 is 11.9 Å². The van der Waals surface area contributed by atoms with Crippen molar-refractivity contribution in [1.29, 1.82) is 0 Å². The van der Waals surface area contributed by atoms with Crippen molar-refractivity contribution in [2.45, 2.75) is 25.7 Å². The van der Waals surface area contributed by atoms with E-state index in [4.69, 9.17) is 10.2 Å². The van der Waals surface area contributed by atoms with Gasteiger partial charge in [-0.1, -0.05) is 0 Å². The molecule has 0 saturated carbocycles. The maximum Gasteiger partial charge on any atom is 0.331 e. The second kappa shape index (κ2) is 10.4. The van der Waals surface area contributed by atoms with E-state index in [1.807, 2.05) is 0 Å². The minimum atomic E-state index is -0.614. The van der Waals surface area contributed by atoms with Crippen LogP contribution in [0.3, 0.4) is 0 Å². The Labute approximate surface area is 94.2 Å². The Bertz CT molecular complexity index is 181. The van der Waals surface area contributed by atoms with Crippen molar-refractivity contribution >= 4 is 11.9 Å². The first kappa shape index (κ1) is 14.9. The monoisotopic (exact) mass is 234 g/mol. The number of aliphatic hydroxyl groups excluding tert-OH is 2. The van der Waals surface area contributed by atoms with Gasteiger partial charge in [-0.3, -0.25) is 0 Å². The summed E-state index contributed by atoms with van der Waals surface area (Å²) in [5.41, 5.74) is 0. The summed E-state index contributed by atoms with van der Waals surface area (Å²) >= 11 is 0. The first-order valence-corrected chi connectivity index (χ1v) is 5.23. The van der Waals surface area contributed by atoms with Gasteiger partial charge in [0, 0.05) is 0 Å². The number of hydrogen-bond donors (Lipinski definition) is 2. The zero-order chi connectivity index (χ0) is 12.2. The Morgan fingerprint density at radius 1 is 0.750 bits per heavy atom. The zero-order valence-corrected chi connectivity index (χ0v) is 9.18.